The van der Waals surface area contributed by atoms with Crippen LogP contribution in [-0.4, -0.2) is 29.0 Å². The molecule has 1 aliphatic heterocycles. The van der Waals surface area contributed by atoms with E-state index >= 15 is 0 Å². The lowest BCUT2D eigenvalue weighted by Crippen LogP contribution is -2.41. The maximum Gasteiger partial charge on any atom is 0.229 e. The lowest BCUT2D eigenvalue weighted by atomic mass is 9.97. The molecular weight excluding hydrogens is 300 g/mol. The molecule has 1 aliphatic rings. The molecule has 1 atom stereocenters. The predicted molar refractivity (Wildman–Crippen MR) is 96.3 cm³/mol. The number of nitrogens with one attached hydrogen (secondary N) is 1. The molecule has 1 saturated heterocycles. The molecule has 0 saturated carbocycles. The smallest absolute Gasteiger partial charge is 0.229 e. The zero-order valence-corrected chi connectivity index (χ0v) is 14.5. The molecule has 1 aromatic heterocycles. The Balaban J connectivity index is 1.69. The highest BCUT2D eigenvalue weighted by Crippen LogP contribution is 2.22. The zero-order chi connectivity index (χ0) is 17.1. The van der Waals surface area contributed by atoms with E-state index in [-0.39, 0.29) is 11.8 Å². The Morgan fingerprint density at radius 3 is 2.62 bits per heavy atom. The van der Waals surface area contributed by atoms with E-state index < -0.39 is 0 Å². The minimum atomic E-state index is -0.0383. The summed E-state index contributed by atoms with van der Waals surface area (Å²) in [7, 11) is 0. The molecule has 1 amide bonds. The van der Waals surface area contributed by atoms with Gasteiger partial charge in [-0.25, -0.2) is 9.97 Å². The van der Waals surface area contributed by atoms with Crippen LogP contribution in [0.1, 0.15) is 29.8 Å². The van der Waals surface area contributed by atoms with E-state index in [0.29, 0.717) is 6.54 Å². The molecule has 2 heterocycles. The maximum absolute atomic E-state index is 12.6. The van der Waals surface area contributed by atoms with Crippen molar-refractivity contribution in [3.8, 4) is 0 Å². The summed E-state index contributed by atoms with van der Waals surface area (Å²) in [6.07, 6.45) is 1.88. The Kier molecular flexibility index (Phi) is 4.79. The molecule has 2 aromatic rings. The summed E-state index contributed by atoms with van der Waals surface area (Å²) in [5, 5.41) is 3.04. The highest BCUT2D eigenvalue weighted by molar-refractivity contribution is 5.93. The summed E-state index contributed by atoms with van der Waals surface area (Å²) in [6.45, 7) is 7.54. The molecule has 5 nitrogen and oxygen atoms in total. The number of hydrogen-bond donors (Lipinski definition) is 1. The fourth-order valence-electron chi connectivity index (χ4n) is 3.19. The Hall–Kier alpha value is -2.43. The van der Waals surface area contributed by atoms with Gasteiger partial charge in [-0.3, -0.25) is 4.79 Å². The van der Waals surface area contributed by atoms with E-state index in [1.54, 1.807) is 0 Å². The molecule has 1 fully saturated rings. The highest BCUT2D eigenvalue weighted by atomic mass is 16.1. The first-order chi connectivity index (χ1) is 11.5. The minimum Gasteiger partial charge on any atom is -0.340 e. The molecule has 0 bridgehead atoms. The van der Waals surface area contributed by atoms with Gasteiger partial charge >= 0.3 is 0 Å². The molecule has 5 heteroatoms. The molecule has 0 unspecified atom stereocenters. The molecule has 1 aromatic carbocycles. The standard InChI is InChI=1S/C19H24N4O/c1-13-6-4-8-17(10-13)22-18(24)16-7-5-9-23(12-16)19-20-14(2)11-15(3)21-19/h4,6,8,10-11,16H,5,7,9,12H2,1-3H3,(H,22,24)/t16-/m0/s1. The SMILES string of the molecule is Cc1cccc(NC(=O)[C@H]2CCCN(c3nc(C)cc(C)n3)C2)c1. The Labute approximate surface area is 143 Å². The van der Waals surface area contributed by atoms with Crippen molar-refractivity contribution in [1.82, 2.24) is 9.97 Å². The second kappa shape index (κ2) is 6.99. The minimum absolute atomic E-state index is 0.0383. The van der Waals surface area contributed by atoms with Crippen LogP contribution in [0.2, 0.25) is 0 Å². The fraction of sp³-hybridized carbons (Fsp3) is 0.421. The largest absolute Gasteiger partial charge is 0.340 e. The summed E-state index contributed by atoms with van der Waals surface area (Å²) in [5.74, 6) is 0.777. The third-order valence-corrected chi connectivity index (χ3v) is 4.33. The second-order valence-electron chi connectivity index (χ2n) is 6.59. The summed E-state index contributed by atoms with van der Waals surface area (Å²) < 4.78 is 0. The van der Waals surface area contributed by atoms with Crippen molar-refractivity contribution in [2.45, 2.75) is 33.6 Å². The van der Waals surface area contributed by atoms with Gasteiger partial charge in [-0.15, -0.1) is 0 Å². The normalized spacial score (nSPS) is 17.6. The third-order valence-electron chi connectivity index (χ3n) is 4.33. The van der Waals surface area contributed by atoms with E-state index in [2.05, 4.69) is 20.2 Å². The van der Waals surface area contributed by atoms with Gasteiger partial charge in [0.1, 0.15) is 0 Å². The number of carbonyl (C=O) groups is 1. The topological polar surface area (TPSA) is 58.1 Å². The van der Waals surface area contributed by atoms with Crippen LogP contribution in [0.15, 0.2) is 30.3 Å². The Morgan fingerprint density at radius 1 is 1.17 bits per heavy atom. The molecule has 24 heavy (non-hydrogen) atoms. The molecular formula is C19H24N4O. The van der Waals surface area contributed by atoms with Crippen molar-refractivity contribution in [3.05, 3.63) is 47.3 Å². The average molecular weight is 324 g/mol. The van der Waals surface area contributed by atoms with E-state index in [1.165, 1.54) is 0 Å². The van der Waals surface area contributed by atoms with Crippen LogP contribution in [0.25, 0.3) is 0 Å². The zero-order valence-electron chi connectivity index (χ0n) is 14.5. The number of nitrogens with zero attached hydrogens (tertiary/aromatic N) is 3. The predicted octanol–water partition coefficient (Wildman–Crippen LogP) is 3.26. The van der Waals surface area contributed by atoms with Crippen molar-refractivity contribution < 1.29 is 4.79 Å². The average Bonchev–Trinajstić information content (AvgIpc) is 2.54. The van der Waals surface area contributed by atoms with Crippen molar-refractivity contribution in [2.24, 2.45) is 5.92 Å². The van der Waals surface area contributed by atoms with Crippen molar-refractivity contribution in [2.75, 3.05) is 23.3 Å². The van der Waals surface area contributed by atoms with Crippen molar-refractivity contribution >= 4 is 17.5 Å². The number of piperidine rings is 1. The first-order valence-corrected chi connectivity index (χ1v) is 8.46. The number of rotatable bonds is 3. The van der Waals surface area contributed by atoms with Crippen LogP contribution >= 0.6 is 0 Å². The third kappa shape index (κ3) is 3.91. The number of carbonyl (C=O) groups excluding carboxylic acids is 1. The van der Waals surface area contributed by atoms with Gasteiger partial charge in [0, 0.05) is 30.2 Å². The summed E-state index contributed by atoms with van der Waals surface area (Å²) in [5.41, 5.74) is 3.93. The fourth-order valence-corrected chi connectivity index (χ4v) is 3.19. The van der Waals surface area contributed by atoms with Crippen LogP contribution in [0.4, 0.5) is 11.6 Å². The van der Waals surface area contributed by atoms with Gasteiger partial charge in [-0.2, -0.15) is 0 Å². The van der Waals surface area contributed by atoms with E-state index in [4.69, 9.17) is 0 Å². The first-order valence-electron chi connectivity index (χ1n) is 8.46. The van der Waals surface area contributed by atoms with Gasteiger partial charge in [0.25, 0.3) is 0 Å². The molecule has 3 rings (SSSR count). The highest BCUT2D eigenvalue weighted by Gasteiger charge is 2.27. The van der Waals surface area contributed by atoms with Gasteiger partial charge in [0.2, 0.25) is 11.9 Å². The van der Waals surface area contributed by atoms with Crippen molar-refractivity contribution in [3.63, 3.8) is 0 Å². The first kappa shape index (κ1) is 16.4. The van der Waals surface area contributed by atoms with E-state index in [0.717, 1.165) is 48.0 Å². The number of amides is 1. The number of hydrogen-bond acceptors (Lipinski definition) is 4. The molecule has 1 N–H and O–H groups in total. The van der Waals surface area contributed by atoms with Crippen LogP contribution in [0.3, 0.4) is 0 Å². The molecule has 0 spiro atoms. The Morgan fingerprint density at radius 2 is 1.92 bits per heavy atom. The van der Waals surface area contributed by atoms with Gasteiger partial charge in [-0.1, -0.05) is 12.1 Å². The van der Waals surface area contributed by atoms with E-state index in [9.17, 15) is 4.79 Å². The van der Waals surface area contributed by atoms with Crippen LogP contribution in [-0.2, 0) is 4.79 Å². The number of aryl methyl sites for hydroxylation is 3. The lowest BCUT2D eigenvalue weighted by Gasteiger charge is -2.32. The molecule has 126 valence electrons. The quantitative estimate of drug-likeness (QED) is 0.941. The summed E-state index contributed by atoms with van der Waals surface area (Å²) >= 11 is 0. The Bertz CT molecular complexity index is 724. The molecule has 0 radical (unpaired) electrons. The number of anilines is 2. The van der Waals surface area contributed by atoms with Crippen molar-refractivity contribution in [1.29, 1.82) is 0 Å². The van der Waals surface area contributed by atoms with Gasteiger partial charge < -0.3 is 10.2 Å². The van der Waals surface area contributed by atoms with Crippen LogP contribution in [0.5, 0.6) is 0 Å². The number of aromatic nitrogens is 2. The summed E-state index contributed by atoms with van der Waals surface area (Å²) in [6, 6.07) is 9.87. The second-order valence-corrected chi connectivity index (χ2v) is 6.59. The lowest BCUT2D eigenvalue weighted by molar-refractivity contribution is -0.120. The van der Waals surface area contributed by atoms with Gasteiger partial charge in [0.05, 0.1) is 5.92 Å². The van der Waals surface area contributed by atoms with Gasteiger partial charge in [-0.05, 0) is 57.4 Å². The monoisotopic (exact) mass is 324 g/mol. The van der Waals surface area contributed by atoms with Crippen LogP contribution in [0, 0.1) is 26.7 Å². The van der Waals surface area contributed by atoms with Crippen LogP contribution < -0.4 is 10.2 Å². The van der Waals surface area contributed by atoms with Gasteiger partial charge in [0.15, 0.2) is 0 Å². The molecule has 0 aliphatic carbocycles. The van der Waals surface area contributed by atoms with E-state index in [1.807, 2.05) is 51.1 Å². The maximum atomic E-state index is 12.6. The summed E-state index contributed by atoms with van der Waals surface area (Å²) in [4.78, 5) is 23.8. The number of benzene rings is 1.